The Hall–Kier alpha value is -1.46. The van der Waals surface area contributed by atoms with Crippen LogP contribution in [0.4, 0.5) is 5.69 Å². The Balaban J connectivity index is 1.86. The van der Waals surface area contributed by atoms with Crippen molar-refractivity contribution >= 4 is 23.2 Å². The van der Waals surface area contributed by atoms with E-state index in [-0.39, 0.29) is 11.9 Å². The van der Waals surface area contributed by atoms with Crippen molar-refractivity contribution in [2.75, 3.05) is 38.6 Å². The monoisotopic (exact) mass is 311 g/mol. The molecule has 0 unspecified atom stereocenters. The van der Waals surface area contributed by atoms with Crippen molar-refractivity contribution in [3.63, 3.8) is 0 Å². The number of ether oxygens (including phenoxy) is 1. The molecule has 0 aliphatic carbocycles. The molecule has 0 radical (unpaired) electrons. The molecule has 1 aliphatic heterocycles. The molecule has 0 bridgehead atoms. The summed E-state index contributed by atoms with van der Waals surface area (Å²) in [5.41, 5.74) is 0.811. The predicted molar refractivity (Wildman–Crippen MR) is 85.2 cm³/mol. The quantitative estimate of drug-likeness (QED) is 0.873. The first-order valence-corrected chi connectivity index (χ1v) is 7.57. The van der Waals surface area contributed by atoms with Gasteiger partial charge in [-0.1, -0.05) is 11.6 Å². The van der Waals surface area contributed by atoms with Crippen LogP contribution < -0.4 is 15.4 Å². The highest BCUT2D eigenvalue weighted by Gasteiger charge is 2.22. The number of nitrogens with one attached hydrogen (secondary N) is 2. The molecule has 1 saturated heterocycles. The van der Waals surface area contributed by atoms with Gasteiger partial charge >= 0.3 is 0 Å². The molecule has 1 fully saturated rings. The van der Waals surface area contributed by atoms with Gasteiger partial charge in [0.05, 0.1) is 12.8 Å². The van der Waals surface area contributed by atoms with E-state index in [1.807, 2.05) is 11.0 Å². The summed E-state index contributed by atoms with van der Waals surface area (Å²) in [4.78, 5) is 14.2. The van der Waals surface area contributed by atoms with E-state index in [9.17, 15) is 4.79 Å². The second-order valence-electron chi connectivity index (χ2n) is 5.16. The average Bonchev–Trinajstić information content (AvgIpc) is 2.48. The third-order valence-electron chi connectivity index (χ3n) is 3.64. The van der Waals surface area contributed by atoms with Crippen LogP contribution in [-0.2, 0) is 4.79 Å². The lowest BCUT2D eigenvalue weighted by atomic mass is 10.2. The first-order chi connectivity index (χ1) is 10.1. The Morgan fingerprint density at radius 2 is 2.38 bits per heavy atom. The molecule has 1 atom stereocenters. The van der Waals surface area contributed by atoms with E-state index >= 15 is 0 Å². The number of rotatable bonds is 5. The molecule has 2 N–H and O–H groups in total. The minimum absolute atomic E-state index is 0.178. The lowest BCUT2D eigenvalue weighted by molar-refractivity contribution is -0.133. The van der Waals surface area contributed by atoms with Crippen molar-refractivity contribution in [2.24, 2.45) is 0 Å². The first kappa shape index (κ1) is 15.9. The molecule has 1 heterocycles. The smallest absolute Gasteiger partial charge is 0.224 e. The van der Waals surface area contributed by atoms with E-state index in [1.165, 1.54) is 0 Å². The van der Waals surface area contributed by atoms with Crippen molar-refractivity contribution in [1.82, 2.24) is 10.2 Å². The van der Waals surface area contributed by atoms with Crippen LogP contribution in [0.3, 0.4) is 0 Å². The Morgan fingerprint density at radius 3 is 3.10 bits per heavy atom. The molecule has 1 aromatic rings. The van der Waals surface area contributed by atoms with Crippen LogP contribution >= 0.6 is 11.6 Å². The van der Waals surface area contributed by atoms with Gasteiger partial charge in [-0.3, -0.25) is 4.79 Å². The highest BCUT2D eigenvalue weighted by Crippen LogP contribution is 2.27. The van der Waals surface area contributed by atoms with Crippen LogP contribution in [-0.4, -0.2) is 50.1 Å². The third kappa shape index (κ3) is 4.25. The van der Waals surface area contributed by atoms with Crippen LogP contribution in [0.25, 0.3) is 0 Å². The molecular weight excluding hydrogens is 290 g/mol. The van der Waals surface area contributed by atoms with E-state index < -0.39 is 0 Å². The standard InChI is InChI=1S/C15H22ClN3O2/c1-11-10-17-7-8-19(11)15(20)5-6-18-13-9-12(16)3-4-14(13)21-2/h3-4,9,11,17-18H,5-8,10H2,1-2H3/t11-/m0/s1. The number of carbonyl (C=O) groups is 1. The van der Waals surface area contributed by atoms with Gasteiger partial charge in [0.2, 0.25) is 5.91 Å². The normalized spacial score (nSPS) is 18.4. The van der Waals surface area contributed by atoms with Crippen LogP contribution in [0.2, 0.25) is 5.02 Å². The van der Waals surface area contributed by atoms with E-state index in [0.717, 1.165) is 31.1 Å². The van der Waals surface area contributed by atoms with E-state index in [2.05, 4.69) is 17.6 Å². The largest absolute Gasteiger partial charge is 0.495 e. The molecule has 0 saturated carbocycles. The topological polar surface area (TPSA) is 53.6 Å². The highest BCUT2D eigenvalue weighted by molar-refractivity contribution is 6.30. The van der Waals surface area contributed by atoms with Crippen molar-refractivity contribution in [2.45, 2.75) is 19.4 Å². The summed E-state index contributed by atoms with van der Waals surface area (Å²) in [6.07, 6.45) is 0.458. The molecule has 5 nitrogen and oxygen atoms in total. The maximum absolute atomic E-state index is 12.2. The van der Waals surface area contributed by atoms with Crippen LogP contribution in [0, 0.1) is 0 Å². The zero-order valence-electron chi connectivity index (χ0n) is 12.5. The number of carbonyl (C=O) groups excluding carboxylic acids is 1. The summed E-state index contributed by atoms with van der Waals surface area (Å²) in [6, 6.07) is 5.65. The highest BCUT2D eigenvalue weighted by atomic mass is 35.5. The summed E-state index contributed by atoms with van der Waals surface area (Å²) in [6.45, 7) is 5.14. The number of hydrogen-bond acceptors (Lipinski definition) is 4. The van der Waals surface area contributed by atoms with E-state index in [1.54, 1.807) is 19.2 Å². The van der Waals surface area contributed by atoms with Crippen molar-refractivity contribution in [1.29, 1.82) is 0 Å². The van der Waals surface area contributed by atoms with Crippen molar-refractivity contribution in [3.8, 4) is 5.75 Å². The molecule has 0 aromatic heterocycles. The lowest BCUT2D eigenvalue weighted by Gasteiger charge is -2.34. The van der Waals surface area contributed by atoms with Gasteiger partial charge in [0, 0.05) is 43.7 Å². The Kier molecular flexibility index (Phi) is 5.70. The van der Waals surface area contributed by atoms with Crippen LogP contribution in [0.5, 0.6) is 5.75 Å². The predicted octanol–water partition coefficient (Wildman–Crippen LogP) is 1.97. The molecule has 1 amide bonds. The molecule has 2 rings (SSSR count). The molecular formula is C15H22ClN3O2. The number of halogens is 1. The number of anilines is 1. The summed E-state index contributed by atoms with van der Waals surface area (Å²) in [5.74, 6) is 0.903. The van der Waals surface area contributed by atoms with Gasteiger partial charge in [0.25, 0.3) is 0 Å². The van der Waals surface area contributed by atoms with Gasteiger partial charge in [-0.25, -0.2) is 0 Å². The number of nitrogens with zero attached hydrogens (tertiary/aromatic N) is 1. The van der Waals surface area contributed by atoms with E-state index in [0.29, 0.717) is 18.0 Å². The van der Waals surface area contributed by atoms with Crippen molar-refractivity contribution in [3.05, 3.63) is 23.2 Å². The summed E-state index contributed by atoms with van der Waals surface area (Å²) in [5, 5.41) is 7.14. The first-order valence-electron chi connectivity index (χ1n) is 7.19. The third-order valence-corrected chi connectivity index (χ3v) is 3.87. The van der Waals surface area contributed by atoms with Gasteiger partial charge < -0.3 is 20.3 Å². The average molecular weight is 312 g/mol. The fraction of sp³-hybridized carbons (Fsp3) is 0.533. The molecule has 116 valence electrons. The summed E-state index contributed by atoms with van der Waals surface area (Å²) < 4.78 is 5.27. The zero-order valence-corrected chi connectivity index (χ0v) is 13.2. The minimum Gasteiger partial charge on any atom is -0.495 e. The van der Waals surface area contributed by atoms with Gasteiger partial charge in [0.15, 0.2) is 0 Å². The second kappa shape index (κ2) is 7.52. The van der Waals surface area contributed by atoms with E-state index in [4.69, 9.17) is 16.3 Å². The maximum Gasteiger partial charge on any atom is 0.224 e. The fourth-order valence-corrected chi connectivity index (χ4v) is 2.65. The molecule has 0 spiro atoms. The van der Waals surface area contributed by atoms with Crippen LogP contribution in [0.1, 0.15) is 13.3 Å². The second-order valence-corrected chi connectivity index (χ2v) is 5.60. The number of benzene rings is 1. The maximum atomic E-state index is 12.2. The van der Waals surface area contributed by atoms with Gasteiger partial charge in [-0.05, 0) is 25.1 Å². The number of piperazine rings is 1. The number of amides is 1. The Bertz CT molecular complexity index is 496. The number of methoxy groups -OCH3 is 1. The lowest BCUT2D eigenvalue weighted by Crippen LogP contribution is -2.52. The van der Waals surface area contributed by atoms with Crippen molar-refractivity contribution < 1.29 is 9.53 Å². The van der Waals surface area contributed by atoms with Gasteiger partial charge in [-0.2, -0.15) is 0 Å². The minimum atomic E-state index is 0.178. The summed E-state index contributed by atoms with van der Waals surface area (Å²) in [7, 11) is 1.61. The molecule has 6 heteroatoms. The Morgan fingerprint density at radius 1 is 1.57 bits per heavy atom. The summed E-state index contributed by atoms with van der Waals surface area (Å²) >= 11 is 5.98. The number of hydrogen-bond donors (Lipinski definition) is 2. The SMILES string of the molecule is COc1ccc(Cl)cc1NCCC(=O)N1CCNC[C@@H]1C. The molecule has 21 heavy (non-hydrogen) atoms. The zero-order chi connectivity index (χ0) is 15.2. The fourth-order valence-electron chi connectivity index (χ4n) is 2.48. The van der Waals surface area contributed by atoms with Gasteiger partial charge in [-0.15, -0.1) is 0 Å². The molecule has 1 aromatic carbocycles. The van der Waals surface area contributed by atoms with Crippen LogP contribution in [0.15, 0.2) is 18.2 Å². The Labute approximate surface area is 130 Å². The molecule has 1 aliphatic rings. The van der Waals surface area contributed by atoms with Gasteiger partial charge in [0.1, 0.15) is 5.75 Å².